The van der Waals surface area contributed by atoms with Gasteiger partial charge in [0, 0.05) is 22.9 Å². The Hall–Kier alpha value is -2.30. The normalized spacial score (nSPS) is 10.4. The van der Waals surface area contributed by atoms with Crippen LogP contribution in [-0.2, 0) is 0 Å². The SMILES string of the molecule is Nc1cc(F)c(F)cc1C(=O)c1ccc(F)cc1. The molecule has 2 aromatic carbocycles. The lowest BCUT2D eigenvalue weighted by molar-refractivity contribution is 0.103. The van der Waals surface area contributed by atoms with Crippen LogP contribution in [0, 0.1) is 17.5 Å². The number of carbonyl (C=O) groups is 1. The number of hydrogen-bond acceptors (Lipinski definition) is 2. The number of rotatable bonds is 2. The van der Waals surface area contributed by atoms with Gasteiger partial charge in [0.05, 0.1) is 0 Å². The molecule has 2 aromatic rings. The fourth-order valence-electron chi connectivity index (χ4n) is 1.52. The first-order valence-corrected chi connectivity index (χ1v) is 5.04. The van der Waals surface area contributed by atoms with Crippen LogP contribution in [0.25, 0.3) is 0 Å². The van der Waals surface area contributed by atoms with Crippen molar-refractivity contribution < 1.29 is 18.0 Å². The third kappa shape index (κ3) is 2.20. The summed E-state index contributed by atoms with van der Waals surface area (Å²) in [6, 6.07) is 6.17. The van der Waals surface area contributed by atoms with E-state index in [1.54, 1.807) is 0 Å². The summed E-state index contributed by atoms with van der Waals surface area (Å²) < 4.78 is 38.6. The Kier molecular flexibility index (Phi) is 3.06. The molecule has 0 spiro atoms. The van der Waals surface area contributed by atoms with Crippen LogP contribution in [-0.4, -0.2) is 5.78 Å². The van der Waals surface area contributed by atoms with E-state index < -0.39 is 23.2 Å². The van der Waals surface area contributed by atoms with Crippen LogP contribution in [0.4, 0.5) is 18.9 Å². The Morgan fingerprint density at radius 3 is 2.11 bits per heavy atom. The fourth-order valence-corrected chi connectivity index (χ4v) is 1.52. The number of ketones is 1. The van der Waals surface area contributed by atoms with Gasteiger partial charge in [0.15, 0.2) is 17.4 Å². The lowest BCUT2D eigenvalue weighted by Gasteiger charge is -2.05. The molecule has 0 unspecified atom stereocenters. The molecule has 92 valence electrons. The highest BCUT2D eigenvalue weighted by molar-refractivity contribution is 6.12. The molecular weight excluding hydrogens is 243 g/mol. The molecule has 5 heteroatoms. The third-order valence-corrected chi connectivity index (χ3v) is 2.44. The van der Waals surface area contributed by atoms with Crippen LogP contribution in [0.15, 0.2) is 36.4 Å². The molecule has 0 aliphatic heterocycles. The highest BCUT2D eigenvalue weighted by Crippen LogP contribution is 2.20. The van der Waals surface area contributed by atoms with Crippen molar-refractivity contribution in [2.24, 2.45) is 0 Å². The average molecular weight is 251 g/mol. The molecular formula is C13H8F3NO. The molecule has 2 rings (SSSR count). The summed E-state index contributed by atoms with van der Waals surface area (Å²) in [5, 5.41) is 0. The van der Waals surface area contributed by atoms with Gasteiger partial charge in [0.25, 0.3) is 0 Å². The van der Waals surface area contributed by atoms with Gasteiger partial charge in [-0.05, 0) is 30.3 Å². The Balaban J connectivity index is 2.46. The molecule has 0 saturated heterocycles. The number of anilines is 1. The maximum absolute atomic E-state index is 13.1. The second-order valence-electron chi connectivity index (χ2n) is 3.69. The quantitative estimate of drug-likeness (QED) is 0.658. The van der Waals surface area contributed by atoms with Gasteiger partial charge in [-0.15, -0.1) is 0 Å². The van der Waals surface area contributed by atoms with Crippen LogP contribution in [0.3, 0.4) is 0 Å². The van der Waals surface area contributed by atoms with E-state index in [1.165, 1.54) is 12.1 Å². The number of nitrogens with two attached hydrogens (primary N) is 1. The number of carbonyl (C=O) groups excluding carboxylic acids is 1. The zero-order valence-corrected chi connectivity index (χ0v) is 9.08. The molecule has 0 saturated carbocycles. The molecule has 0 aromatic heterocycles. The minimum atomic E-state index is -1.16. The summed E-state index contributed by atoms with van der Waals surface area (Å²) in [4.78, 5) is 12.0. The predicted octanol–water partition coefficient (Wildman–Crippen LogP) is 2.92. The van der Waals surface area contributed by atoms with Crippen molar-refractivity contribution in [3.63, 3.8) is 0 Å². The van der Waals surface area contributed by atoms with Crippen molar-refractivity contribution in [2.75, 3.05) is 5.73 Å². The molecule has 0 fully saturated rings. The Morgan fingerprint density at radius 2 is 1.50 bits per heavy atom. The summed E-state index contributed by atoms with van der Waals surface area (Å²) >= 11 is 0. The van der Waals surface area contributed by atoms with E-state index in [0.29, 0.717) is 0 Å². The van der Waals surface area contributed by atoms with E-state index in [0.717, 1.165) is 24.3 Å². The zero-order chi connectivity index (χ0) is 13.3. The molecule has 0 aliphatic carbocycles. The van der Waals surface area contributed by atoms with Gasteiger partial charge in [0.2, 0.25) is 0 Å². The van der Waals surface area contributed by atoms with E-state index in [9.17, 15) is 18.0 Å². The maximum Gasteiger partial charge on any atom is 0.195 e. The Bertz CT molecular complexity index is 608. The first-order valence-electron chi connectivity index (χ1n) is 5.04. The lowest BCUT2D eigenvalue weighted by atomic mass is 10.0. The van der Waals surface area contributed by atoms with Gasteiger partial charge < -0.3 is 5.73 Å². The van der Waals surface area contributed by atoms with E-state index >= 15 is 0 Å². The maximum atomic E-state index is 13.1. The van der Waals surface area contributed by atoms with Crippen molar-refractivity contribution in [3.8, 4) is 0 Å². The first kappa shape index (κ1) is 12.2. The summed E-state index contributed by atoms with van der Waals surface area (Å²) in [5.41, 5.74) is 5.29. The molecule has 18 heavy (non-hydrogen) atoms. The number of hydrogen-bond donors (Lipinski definition) is 1. The van der Waals surface area contributed by atoms with Gasteiger partial charge in [-0.2, -0.15) is 0 Å². The topological polar surface area (TPSA) is 43.1 Å². The van der Waals surface area contributed by atoms with Crippen molar-refractivity contribution in [3.05, 3.63) is 65.0 Å². The predicted molar refractivity (Wildman–Crippen MR) is 60.6 cm³/mol. The summed E-state index contributed by atoms with van der Waals surface area (Å²) in [6.07, 6.45) is 0. The molecule has 2 nitrogen and oxygen atoms in total. The highest BCUT2D eigenvalue weighted by atomic mass is 19.2. The van der Waals surface area contributed by atoms with Crippen molar-refractivity contribution >= 4 is 11.5 Å². The summed E-state index contributed by atoms with van der Waals surface area (Å²) in [7, 11) is 0. The smallest absolute Gasteiger partial charge is 0.195 e. The Morgan fingerprint density at radius 1 is 0.944 bits per heavy atom. The van der Waals surface area contributed by atoms with Crippen molar-refractivity contribution in [1.82, 2.24) is 0 Å². The average Bonchev–Trinajstić information content (AvgIpc) is 2.34. The summed E-state index contributed by atoms with van der Waals surface area (Å²) in [5.74, 6) is -3.37. The largest absolute Gasteiger partial charge is 0.398 e. The first-order chi connectivity index (χ1) is 8.49. The molecule has 0 atom stereocenters. The second-order valence-corrected chi connectivity index (χ2v) is 3.69. The monoisotopic (exact) mass is 251 g/mol. The number of nitrogen functional groups attached to an aromatic ring is 1. The molecule has 0 aliphatic rings. The van der Waals surface area contributed by atoms with Gasteiger partial charge in [-0.3, -0.25) is 4.79 Å². The molecule has 0 amide bonds. The van der Waals surface area contributed by atoms with Gasteiger partial charge >= 0.3 is 0 Å². The standard InChI is InChI=1S/C13H8F3NO/c14-8-3-1-7(2-4-8)13(18)9-5-10(15)11(16)6-12(9)17/h1-6H,17H2. The van der Waals surface area contributed by atoms with Crippen LogP contribution < -0.4 is 5.73 Å². The van der Waals surface area contributed by atoms with E-state index in [1.807, 2.05) is 0 Å². The number of halogens is 3. The molecule has 0 bridgehead atoms. The van der Waals surface area contributed by atoms with Gasteiger partial charge in [-0.25, -0.2) is 13.2 Å². The fraction of sp³-hybridized carbons (Fsp3) is 0. The third-order valence-electron chi connectivity index (χ3n) is 2.44. The second kappa shape index (κ2) is 4.52. The van der Waals surface area contributed by atoms with Crippen LogP contribution >= 0.6 is 0 Å². The molecule has 2 N–H and O–H groups in total. The molecule has 0 heterocycles. The van der Waals surface area contributed by atoms with E-state index in [4.69, 9.17) is 5.73 Å². The van der Waals surface area contributed by atoms with E-state index in [-0.39, 0.29) is 16.8 Å². The van der Waals surface area contributed by atoms with Crippen molar-refractivity contribution in [2.45, 2.75) is 0 Å². The van der Waals surface area contributed by atoms with Crippen molar-refractivity contribution in [1.29, 1.82) is 0 Å². The van der Waals surface area contributed by atoms with Crippen LogP contribution in [0.5, 0.6) is 0 Å². The number of benzene rings is 2. The minimum Gasteiger partial charge on any atom is -0.398 e. The van der Waals surface area contributed by atoms with E-state index in [2.05, 4.69) is 0 Å². The highest BCUT2D eigenvalue weighted by Gasteiger charge is 2.16. The van der Waals surface area contributed by atoms with Crippen LogP contribution in [0.2, 0.25) is 0 Å². The summed E-state index contributed by atoms with van der Waals surface area (Å²) in [6.45, 7) is 0. The zero-order valence-electron chi connectivity index (χ0n) is 9.08. The van der Waals surface area contributed by atoms with Crippen LogP contribution in [0.1, 0.15) is 15.9 Å². The molecule has 0 radical (unpaired) electrons. The lowest BCUT2D eigenvalue weighted by Crippen LogP contribution is -2.07. The van der Waals surface area contributed by atoms with Gasteiger partial charge in [0.1, 0.15) is 5.82 Å². The Labute approximate surface area is 101 Å². The minimum absolute atomic E-state index is 0.147. The van der Waals surface area contributed by atoms with Gasteiger partial charge in [-0.1, -0.05) is 0 Å².